The molecule has 1 unspecified atom stereocenters. The maximum absolute atomic E-state index is 11.6. The third-order valence-electron chi connectivity index (χ3n) is 3.93. The van der Waals surface area contributed by atoms with Gasteiger partial charge in [0.2, 0.25) is 5.91 Å². The van der Waals surface area contributed by atoms with Crippen LogP contribution in [-0.2, 0) is 4.79 Å². The second-order valence-corrected chi connectivity index (χ2v) is 5.50. The van der Waals surface area contributed by atoms with E-state index in [0.29, 0.717) is 12.6 Å². The van der Waals surface area contributed by atoms with E-state index < -0.39 is 0 Å². The summed E-state index contributed by atoms with van der Waals surface area (Å²) in [5.74, 6) is 0.889. The zero-order valence-corrected chi connectivity index (χ0v) is 15.4. The monoisotopic (exact) mass is 407 g/mol. The molecule has 0 saturated carbocycles. The van der Waals surface area contributed by atoms with E-state index in [0.717, 1.165) is 38.6 Å². The smallest absolute Gasteiger partial charge is 0.241 e. The van der Waals surface area contributed by atoms with Crippen LogP contribution in [0.2, 0.25) is 0 Å². The summed E-state index contributed by atoms with van der Waals surface area (Å²) in [6.07, 6.45) is 5.61. The minimum Gasteiger partial charge on any atom is -0.347 e. The van der Waals surface area contributed by atoms with Crippen LogP contribution in [0.3, 0.4) is 0 Å². The molecule has 0 spiro atoms. The van der Waals surface area contributed by atoms with Gasteiger partial charge in [-0.1, -0.05) is 12.2 Å². The molecule has 21 heavy (non-hydrogen) atoms. The molecule has 0 bridgehead atoms. The minimum absolute atomic E-state index is 0. The normalized spacial score (nSPS) is 22.3. The number of halogens is 1. The number of nitrogens with zero attached hydrogens (tertiary/aromatic N) is 4. The SMILES string of the molecule is CN=C(NCC(=O)N(C)C)N1CCC(N2CC=CC2)C1.I. The predicted molar refractivity (Wildman–Crippen MR) is 96.2 cm³/mol. The Morgan fingerprint density at radius 3 is 2.62 bits per heavy atom. The number of nitrogens with one attached hydrogen (secondary N) is 1. The molecule has 7 heteroatoms. The van der Waals surface area contributed by atoms with E-state index in [4.69, 9.17) is 0 Å². The van der Waals surface area contributed by atoms with E-state index in [1.807, 2.05) is 0 Å². The molecule has 1 saturated heterocycles. The first-order valence-electron chi connectivity index (χ1n) is 7.16. The van der Waals surface area contributed by atoms with E-state index in [9.17, 15) is 4.79 Å². The number of hydrogen-bond acceptors (Lipinski definition) is 3. The summed E-state index contributed by atoms with van der Waals surface area (Å²) in [4.78, 5) is 22.2. The predicted octanol–water partition coefficient (Wildman–Crippen LogP) is 0.214. The van der Waals surface area contributed by atoms with Crippen LogP contribution in [0.25, 0.3) is 0 Å². The number of likely N-dealkylation sites (tertiary alicyclic amines) is 1. The average molecular weight is 407 g/mol. The fourth-order valence-electron chi connectivity index (χ4n) is 2.67. The molecule has 0 aliphatic carbocycles. The lowest BCUT2D eigenvalue weighted by Crippen LogP contribution is -2.45. The van der Waals surface area contributed by atoms with Crippen LogP contribution < -0.4 is 5.32 Å². The van der Waals surface area contributed by atoms with Gasteiger partial charge in [0.25, 0.3) is 0 Å². The van der Waals surface area contributed by atoms with Gasteiger partial charge in [-0.3, -0.25) is 14.7 Å². The molecular formula is C14H26IN5O. The number of amides is 1. The average Bonchev–Trinajstić information content (AvgIpc) is 3.09. The van der Waals surface area contributed by atoms with Crippen LogP contribution >= 0.6 is 24.0 Å². The first kappa shape index (κ1) is 18.2. The van der Waals surface area contributed by atoms with Gasteiger partial charge in [0.05, 0.1) is 6.54 Å². The van der Waals surface area contributed by atoms with Crippen molar-refractivity contribution >= 4 is 35.8 Å². The number of carbonyl (C=O) groups is 1. The highest BCUT2D eigenvalue weighted by Gasteiger charge is 2.29. The summed E-state index contributed by atoms with van der Waals surface area (Å²) in [7, 11) is 5.30. The summed E-state index contributed by atoms with van der Waals surface area (Å²) < 4.78 is 0. The number of hydrogen-bond donors (Lipinski definition) is 1. The Morgan fingerprint density at radius 2 is 2.05 bits per heavy atom. The third kappa shape index (κ3) is 4.84. The van der Waals surface area contributed by atoms with E-state index >= 15 is 0 Å². The standard InChI is InChI=1S/C14H25N5O.HI/c1-15-14(16-10-13(20)17(2)3)19-9-6-12(11-19)18-7-4-5-8-18;/h4-5,12H,6-11H2,1-3H3,(H,15,16);1H. The zero-order chi connectivity index (χ0) is 14.5. The maximum Gasteiger partial charge on any atom is 0.241 e. The van der Waals surface area contributed by atoms with Gasteiger partial charge in [-0.25, -0.2) is 0 Å². The van der Waals surface area contributed by atoms with Crippen molar-refractivity contribution in [3.05, 3.63) is 12.2 Å². The van der Waals surface area contributed by atoms with Crippen molar-refractivity contribution in [1.82, 2.24) is 20.0 Å². The quantitative estimate of drug-likeness (QED) is 0.315. The van der Waals surface area contributed by atoms with Crippen LogP contribution in [0.1, 0.15) is 6.42 Å². The molecule has 2 aliphatic heterocycles. The van der Waals surface area contributed by atoms with Gasteiger partial charge in [-0.05, 0) is 6.42 Å². The molecule has 6 nitrogen and oxygen atoms in total. The molecule has 1 atom stereocenters. The van der Waals surface area contributed by atoms with Crippen molar-refractivity contribution in [3.8, 4) is 0 Å². The van der Waals surface area contributed by atoms with Crippen molar-refractivity contribution < 1.29 is 4.79 Å². The third-order valence-corrected chi connectivity index (χ3v) is 3.93. The highest BCUT2D eigenvalue weighted by molar-refractivity contribution is 14.0. The van der Waals surface area contributed by atoms with Gasteiger partial charge in [0.1, 0.15) is 0 Å². The summed E-state index contributed by atoms with van der Waals surface area (Å²) in [6.45, 7) is 4.40. The second kappa shape index (κ2) is 8.57. The Balaban J connectivity index is 0.00000220. The van der Waals surface area contributed by atoms with Gasteiger partial charge in [-0.2, -0.15) is 0 Å². The van der Waals surface area contributed by atoms with E-state index in [1.165, 1.54) is 0 Å². The highest BCUT2D eigenvalue weighted by atomic mass is 127. The lowest BCUT2D eigenvalue weighted by atomic mass is 10.2. The summed E-state index contributed by atoms with van der Waals surface area (Å²) in [5, 5.41) is 3.15. The van der Waals surface area contributed by atoms with Gasteiger partial charge < -0.3 is 15.1 Å². The van der Waals surface area contributed by atoms with Crippen LogP contribution in [0, 0.1) is 0 Å². The van der Waals surface area contributed by atoms with Crippen molar-refractivity contribution in [2.24, 2.45) is 4.99 Å². The Bertz CT molecular complexity index is 402. The lowest BCUT2D eigenvalue weighted by Gasteiger charge is -2.25. The highest BCUT2D eigenvalue weighted by Crippen LogP contribution is 2.17. The molecule has 120 valence electrons. The van der Waals surface area contributed by atoms with Gasteiger partial charge in [0.15, 0.2) is 5.96 Å². The number of guanidine groups is 1. The lowest BCUT2D eigenvalue weighted by molar-refractivity contribution is -0.127. The largest absolute Gasteiger partial charge is 0.347 e. The molecule has 2 heterocycles. The van der Waals surface area contributed by atoms with Gasteiger partial charge in [-0.15, -0.1) is 24.0 Å². The van der Waals surface area contributed by atoms with Crippen LogP contribution in [0.5, 0.6) is 0 Å². The molecule has 1 amide bonds. The number of aliphatic imine (C=N–C) groups is 1. The van der Waals surface area contributed by atoms with Crippen molar-refractivity contribution in [1.29, 1.82) is 0 Å². The Kier molecular flexibility index (Phi) is 7.44. The van der Waals surface area contributed by atoms with E-state index in [-0.39, 0.29) is 29.9 Å². The Hall–Kier alpha value is -0.830. The topological polar surface area (TPSA) is 51.2 Å². The van der Waals surface area contributed by atoms with E-state index in [1.54, 1.807) is 26.0 Å². The maximum atomic E-state index is 11.6. The molecule has 2 aliphatic rings. The molecule has 0 aromatic heterocycles. The van der Waals surface area contributed by atoms with E-state index in [2.05, 4.69) is 32.3 Å². The number of rotatable bonds is 3. The van der Waals surface area contributed by atoms with Gasteiger partial charge >= 0.3 is 0 Å². The molecule has 0 radical (unpaired) electrons. The first-order chi connectivity index (χ1) is 9.61. The Labute approximate surface area is 144 Å². The summed E-state index contributed by atoms with van der Waals surface area (Å²) >= 11 is 0. The minimum atomic E-state index is 0. The molecular weight excluding hydrogens is 381 g/mol. The number of likely N-dealkylation sites (N-methyl/N-ethyl adjacent to an activating group) is 1. The number of carbonyl (C=O) groups excluding carboxylic acids is 1. The molecule has 1 N–H and O–H groups in total. The molecule has 2 rings (SSSR count). The van der Waals surface area contributed by atoms with Crippen molar-refractivity contribution in [2.45, 2.75) is 12.5 Å². The fourth-order valence-corrected chi connectivity index (χ4v) is 2.67. The second-order valence-electron chi connectivity index (χ2n) is 5.50. The van der Waals surface area contributed by atoms with Crippen molar-refractivity contribution in [3.63, 3.8) is 0 Å². The zero-order valence-electron chi connectivity index (χ0n) is 13.1. The Morgan fingerprint density at radius 1 is 1.38 bits per heavy atom. The molecule has 1 fully saturated rings. The molecule has 0 aromatic carbocycles. The van der Waals surface area contributed by atoms with Crippen LogP contribution in [0.15, 0.2) is 17.1 Å². The summed E-state index contributed by atoms with van der Waals surface area (Å²) in [5.41, 5.74) is 0. The summed E-state index contributed by atoms with van der Waals surface area (Å²) in [6, 6.07) is 0.591. The first-order valence-corrected chi connectivity index (χ1v) is 7.16. The van der Waals surface area contributed by atoms with Crippen molar-refractivity contribution in [2.75, 3.05) is 53.9 Å². The molecule has 0 aromatic rings. The van der Waals surface area contributed by atoms with Gasteiger partial charge in [0, 0.05) is 53.4 Å². The van der Waals surface area contributed by atoms with Crippen LogP contribution in [0.4, 0.5) is 0 Å². The fraction of sp³-hybridized carbons (Fsp3) is 0.714. The van der Waals surface area contributed by atoms with Crippen LogP contribution in [-0.4, -0.2) is 86.5 Å².